The highest BCUT2D eigenvalue weighted by atomic mass is 16.5. The van der Waals surface area contributed by atoms with Crippen LogP contribution in [-0.2, 0) is 9.53 Å². The minimum atomic E-state index is -0.668. The molecule has 1 aromatic heterocycles. The van der Waals surface area contributed by atoms with Crippen LogP contribution < -0.4 is 0 Å². The molecule has 0 bridgehead atoms. The van der Waals surface area contributed by atoms with Crippen molar-refractivity contribution in [1.82, 2.24) is 4.98 Å². The monoisotopic (exact) mass is 267 g/mol. The molecule has 0 aliphatic heterocycles. The Morgan fingerprint density at radius 3 is 2.65 bits per heavy atom. The molecule has 0 aliphatic carbocycles. The topological polar surface area (TPSA) is 75.6 Å². The lowest BCUT2D eigenvalue weighted by Gasteiger charge is -2.05. The van der Waals surface area contributed by atoms with E-state index in [1.807, 2.05) is 24.3 Å². The van der Waals surface area contributed by atoms with Gasteiger partial charge in [-0.05, 0) is 25.1 Å². The van der Waals surface area contributed by atoms with Crippen molar-refractivity contribution in [2.24, 2.45) is 0 Å². The first-order chi connectivity index (χ1) is 9.77. The first-order valence-electron chi connectivity index (χ1n) is 6.18. The van der Waals surface area contributed by atoms with E-state index in [1.165, 1.54) is 0 Å². The highest BCUT2D eigenvalue weighted by Gasteiger charge is 2.27. The maximum absolute atomic E-state index is 11.8. The van der Waals surface area contributed by atoms with Gasteiger partial charge in [-0.2, -0.15) is 4.79 Å². The summed E-state index contributed by atoms with van der Waals surface area (Å²) in [7, 11) is 0. The molecule has 5 nitrogen and oxygen atoms in total. The number of pyridine rings is 1. The van der Waals surface area contributed by atoms with Crippen molar-refractivity contribution in [1.29, 1.82) is 0 Å². The maximum atomic E-state index is 11.8. The minimum Gasteiger partial charge on any atom is -0.457 e. The molecule has 0 saturated carbocycles. The average molecular weight is 267 g/mol. The summed E-state index contributed by atoms with van der Waals surface area (Å²) in [5, 5.41) is 0. The third kappa shape index (κ3) is 2.79. The molecule has 0 unspecified atom stereocenters. The van der Waals surface area contributed by atoms with Crippen LogP contribution in [0, 0.1) is 0 Å². The number of hydrogen-bond donors (Lipinski definition) is 0. The third-order valence-corrected chi connectivity index (χ3v) is 2.69. The van der Waals surface area contributed by atoms with Crippen LogP contribution in [0.4, 0.5) is 0 Å². The molecule has 1 heterocycles. The quantitative estimate of drug-likeness (QED) is 0.369. The van der Waals surface area contributed by atoms with Gasteiger partial charge < -0.3 is 10.3 Å². The molecule has 100 valence electrons. The Balaban J connectivity index is 2.53. The molecular weight excluding hydrogens is 254 g/mol. The van der Waals surface area contributed by atoms with Crippen LogP contribution in [0.2, 0.25) is 0 Å². The van der Waals surface area contributed by atoms with Crippen LogP contribution in [0.5, 0.6) is 0 Å². The van der Waals surface area contributed by atoms with Gasteiger partial charge in [-0.25, -0.2) is 4.79 Å². The molecule has 2 aromatic rings. The summed E-state index contributed by atoms with van der Waals surface area (Å²) in [6, 6.07) is 12.6. The largest absolute Gasteiger partial charge is 0.457 e. The van der Waals surface area contributed by atoms with E-state index in [0.717, 1.165) is 0 Å². The van der Waals surface area contributed by atoms with Crippen molar-refractivity contribution in [3.63, 3.8) is 0 Å². The summed E-state index contributed by atoms with van der Waals surface area (Å²) in [6.45, 7) is 1.90. The zero-order chi connectivity index (χ0) is 14.4. The second kappa shape index (κ2) is 6.41. The molecule has 0 atom stereocenters. The van der Waals surface area contributed by atoms with Gasteiger partial charge in [0.2, 0.25) is 0 Å². The SMILES string of the molecule is CCOC(=O)C(=[N+]=[N-])c1ccccc1-c1ccccn1. The number of benzene rings is 1. The summed E-state index contributed by atoms with van der Waals surface area (Å²) in [5.74, 6) is -0.668. The van der Waals surface area contributed by atoms with Crippen molar-refractivity contribution >= 4 is 11.7 Å². The molecule has 0 aliphatic rings. The van der Waals surface area contributed by atoms with Gasteiger partial charge in [-0.3, -0.25) is 4.98 Å². The molecular formula is C15H13N3O2. The summed E-state index contributed by atoms with van der Waals surface area (Å²) in [6.07, 6.45) is 1.66. The smallest absolute Gasteiger partial charge is 0.422 e. The van der Waals surface area contributed by atoms with E-state index in [-0.39, 0.29) is 12.3 Å². The number of carbonyl (C=O) groups is 1. The Kier molecular flexibility index (Phi) is 4.37. The Labute approximate surface area is 116 Å². The molecule has 0 amide bonds. The lowest BCUT2D eigenvalue weighted by molar-refractivity contribution is -0.139. The van der Waals surface area contributed by atoms with Crippen LogP contribution in [-0.4, -0.2) is 28.1 Å². The molecule has 1 aromatic carbocycles. The second-order valence-electron chi connectivity index (χ2n) is 3.93. The lowest BCUT2D eigenvalue weighted by atomic mass is 10.00. The van der Waals surface area contributed by atoms with Crippen molar-refractivity contribution < 1.29 is 14.3 Å². The molecule has 0 saturated heterocycles. The molecule has 0 N–H and O–H groups in total. The van der Waals surface area contributed by atoms with Gasteiger partial charge in [0.05, 0.1) is 17.9 Å². The Morgan fingerprint density at radius 2 is 2.00 bits per heavy atom. The molecule has 0 fully saturated rings. The average Bonchev–Trinajstić information content (AvgIpc) is 2.50. The number of ether oxygens (including phenoxy) is 1. The predicted molar refractivity (Wildman–Crippen MR) is 74.0 cm³/mol. The number of nitrogens with zero attached hydrogens (tertiary/aromatic N) is 3. The van der Waals surface area contributed by atoms with Gasteiger partial charge in [0.1, 0.15) is 0 Å². The zero-order valence-corrected chi connectivity index (χ0v) is 11.0. The number of rotatable bonds is 4. The molecule has 20 heavy (non-hydrogen) atoms. The first-order valence-corrected chi connectivity index (χ1v) is 6.18. The Morgan fingerprint density at radius 1 is 1.25 bits per heavy atom. The Hall–Kier alpha value is -2.78. The van der Waals surface area contributed by atoms with Gasteiger partial charge in [-0.1, -0.05) is 24.3 Å². The van der Waals surface area contributed by atoms with Crippen LogP contribution in [0.3, 0.4) is 0 Å². The van der Waals surface area contributed by atoms with Gasteiger partial charge in [0, 0.05) is 11.8 Å². The highest BCUT2D eigenvalue weighted by Crippen LogP contribution is 2.21. The molecule has 5 heteroatoms. The van der Waals surface area contributed by atoms with E-state index >= 15 is 0 Å². The normalized spacial score (nSPS) is 9.65. The van der Waals surface area contributed by atoms with Crippen LogP contribution in [0.1, 0.15) is 12.5 Å². The van der Waals surface area contributed by atoms with Crippen molar-refractivity contribution in [3.05, 3.63) is 59.8 Å². The van der Waals surface area contributed by atoms with E-state index in [2.05, 4.69) is 9.77 Å². The van der Waals surface area contributed by atoms with Gasteiger partial charge >= 0.3 is 11.7 Å². The minimum absolute atomic E-state index is 0.131. The summed E-state index contributed by atoms with van der Waals surface area (Å²) in [4.78, 5) is 19.1. The van der Waals surface area contributed by atoms with Crippen molar-refractivity contribution in [2.45, 2.75) is 6.92 Å². The van der Waals surface area contributed by atoms with Gasteiger partial charge in [0.15, 0.2) is 0 Å². The van der Waals surface area contributed by atoms with Gasteiger partial charge in [-0.15, -0.1) is 0 Å². The number of hydrogen-bond acceptors (Lipinski definition) is 3. The zero-order valence-electron chi connectivity index (χ0n) is 11.0. The van der Waals surface area contributed by atoms with Gasteiger partial charge in [0.25, 0.3) is 0 Å². The van der Waals surface area contributed by atoms with E-state index in [1.54, 1.807) is 31.3 Å². The summed E-state index contributed by atoms with van der Waals surface area (Å²) < 4.78 is 4.89. The molecule has 0 spiro atoms. The third-order valence-electron chi connectivity index (χ3n) is 2.69. The van der Waals surface area contributed by atoms with E-state index in [9.17, 15) is 4.79 Å². The van der Waals surface area contributed by atoms with E-state index in [0.29, 0.717) is 16.8 Å². The molecule has 0 radical (unpaired) electrons. The maximum Gasteiger partial charge on any atom is 0.422 e. The van der Waals surface area contributed by atoms with Crippen LogP contribution in [0.15, 0.2) is 48.7 Å². The first kappa shape index (κ1) is 13.6. The second-order valence-corrected chi connectivity index (χ2v) is 3.93. The standard InChI is InChI=1S/C15H13N3O2/c1-2-20-15(19)14(18-16)12-8-4-3-7-11(12)13-9-5-6-10-17-13/h3-10H,2H2,1H3. The Bertz CT molecular complexity index is 662. The molecule has 2 rings (SSSR count). The van der Waals surface area contributed by atoms with Crippen LogP contribution in [0.25, 0.3) is 16.8 Å². The fourth-order valence-corrected chi connectivity index (χ4v) is 1.84. The predicted octanol–water partition coefficient (Wildman–Crippen LogP) is 2.33. The number of carbonyl (C=O) groups excluding carboxylic acids is 1. The van der Waals surface area contributed by atoms with Crippen molar-refractivity contribution in [3.8, 4) is 11.3 Å². The highest BCUT2D eigenvalue weighted by molar-refractivity contribution is 6.42. The van der Waals surface area contributed by atoms with Crippen LogP contribution >= 0.6 is 0 Å². The summed E-state index contributed by atoms with van der Waals surface area (Å²) >= 11 is 0. The van der Waals surface area contributed by atoms with E-state index < -0.39 is 5.97 Å². The lowest BCUT2D eigenvalue weighted by Crippen LogP contribution is -2.20. The fourth-order valence-electron chi connectivity index (χ4n) is 1.84. The summed E-state index contributed by atoms with van der Waals surface area (Å²) in [5.41, 5.74) is 10.9. The number of aromatic nitrogens is 1. The van der Waals surface area contributed by atoms with Crippen molar-refractivity contribution in [2.75, 3.05) is 6.61 Å². The fraction of sp³-hybridized carbons (Fsp3) is 0.133. The number of esters is 1. The van der Waals surface area contributed by atoms with E-state index in [4.69, 9.17) is 10.3 Å².